The van der Waals surface area contributed by atoms with Crippen LogP contribution in [0.1, 0.15) is 44.6 Å². The van der Waals surface area contributed by atoms with Crippen molar-refractivity contribution in [2.24, 2.45) is 5.73 Å². The van der Waals surface area contributed by atoms with Crippen LogP contribution in [0.15, 0.2) is 48.5 Å². The molecule has 0 spiro atoms. The summed E-state index contributed by atoms with van der Waals surface area (Å²) in [5.41, 5.74) is -1.02. The van der Waals surface area contributed by atoms with E-state index in [0.29, 0.717) is 0 Å². The molecule has 2 amide bonds. The number of nitrogens with two attached hydrogens (primary N) is 1. The van der Waals surface area contributed by atoms with Crippen LogP contribution in [-0.2, 0) is 15.8 Å². The first-order valence-electron chi connectivity index (χ1n) is 13.5. The number of aliphatic hydroxyl groups is 1. The van der Waals surface area contributed by atoms with Crippen molar-refractivity contribution >= 4 is 28.7 Å². The first-order chi connectivity index (χ1) is 21.5. The molecule has 2 aromatic carbocycles. The van der Waals surface area contributed by atoms with E-state index in [2.05, 4.69) is 15.3 Å². The number of hydrogen-bond donors (Lipinski definition) is 4. The fourth-order valence-electron chi connectivity index (χ4n) is 5.10. The Morgan fingerprint density at radius 3 is 2.37 bits per heavy atom. The topological polar surface area (TPSA) is 174 Å². The maximum atomic E-state index is 14.7. The van der Waals surface area contributed by atoms with Crippen LogP contribution in [-0.4, -0.2) is 64.4 Å². The van der Waals surface area contributed by atoms with Crippen molar-refractivity contribution in [2.75, 3.05) is 20.3 Å². The SMILES string of the molecule is COc1cc(C(=O)NC[C@](O)(c2cc3c(c(-c4ccc(F)cc4)n2)OC[C@]3(C)C(N)=O)C(F)(F)F)cc2cc(C(=O)O)c(C)nc12. The maximum absolute atomic E-state index is 14.7. The summed E-state index contributed by atoms with van der Waals surface area (Å²) in [4.78, 5) is 45.5. The maximum Gasteiger partial charge on any atom is 0.424 e. The summed E-state index contributed by atoms with van der Waals surface area (Å²) in [5, 5.41) is 23.0. The number of rotatable bonds is 8. The Bertz CT molecular complexity index is 1920. The highest BCUT2D eigenvalue weighted by Crippen LogP contribution is 2.47. The molecule has 1 aliphatic rings. The summed E-state index contributed by atoms with van der Waals surface area (Å²) < 4.78 is 68.8. The zero-order valence-electron chi connectivity index (χ0n) is 24.5. The second kappa shape index (κ2) is 11.2. The highest BCUT2D eigenvalue weighted by atomic mass is 19.4. The van der Waals surface area contributed by atoms with E-state index < -0.39 is 53.0 Å². The van der Waals surface area contributed by atoms with Gasteiger partial charge in [-0.05, 0) is 62.4 Å². The summed E-state index contributed by atoms with van der Waals surface area (Å²) >= 11 is 0. The minimum Gasteiger partial charge on any atom is -0.494 e. The molecule has 0 saturated heterocycles. The normalized spacial score (nSPS) is 17.1. The van der Waals surface area contributed by atoms with Crippen molar-refractivity contribution < 1.29 is 51.6 Å². The van der Waals surface area contributed by atoms with Gasteiger partial charge < -0.3 is 30.7 Å². The lowest BCUT2D eigenvalue weighted by molar-refractivity contribution is -0.265. The van der Waals surface area contributed by atoms with Crippen LogP contribution in [0.5, 0.6) is 11.5 Å². The average Bonchev–Trinajstić information content (AvgIpc) is 3.35. The number of amides is 2. The molecule has 240 valence electrons. The monoisotopic (exact) mass is 642 g/mol. The van der Waals surface area contributed by atoms with Crippen LogP contribution < -0.4 is 20.5 Å². The zero-order valence-corrected chi connectivity index (χ0v) is 24.5. The van der Waals surface area contributed by atoms with Crippen molar-refractivity contribution in [1.29, 1.82) is 0 Å². The lowest BCUT2D eigenvalue weighted by Gasteiger charge is -2.31. The Kier molecular flexibility index (Phi) is 7.85. The number of carbonyl (C=O) groups is 3. The number of pyridine rings is 2. The number of alkyl halides is 3. The molecule has 5 rings (SSSR count). The van der Waals surface area contributed by atoms with Crippen LogP contribution >= 0.6 is 0 Å². The molecule has 0 aliphatic carbocycles. The smallest absolute Gasteiger partial charge is 0.424 e. The van der Waals surface area contributed by atoms with Crippen LogP contribution in [0, 0.1) is 12.7 Å². The second-order valence-corrected chi connectivity index (χ2v) is 10.9. The summed E-state index contributed by atoms with van der Waals surface area (Å²) in [7, 11) is 1.27. The number of aryl methyl sites for hydroxylation is 1. The van der Waals surface area contributed by atoms with Crippen molar-refractivity contribution in [3.8, 4) is 22.8 Å². The fraction of sp³-hybridized carbons (Fsp3) is 0.258. The summed E-state index contributed by atoms with van der Waals surface area (Å²) in [5.74, 6) is -3.94. The lowest BCUT2D eigenvalue weighted by atomic mass is 9.81. The van der Waals surface area contributed by atoms with Gasteiger partial charge in [0.25, 0.3) is 5.91 Å². The van der Waals surface area contributed by atoms with Gasteiger partial charge in [-0.3, -0.25) is 9.59 Å². The van der Waals surface area contributed by atoms with Gasteiger partial charge in [-0.2, -0.15) is 13.2 Å². The molecule has 15 heteroatoms. The van der Waals surface area contributed by atoms with Crippen LogP contribution in [0.2, 0.25) is 0 Å². The van der Waals surface area contributed by atoms with Gasteiger partial charge in [-0.25, -0.2) is 19.2 Å². The van der Waals surface area contributed by atoms with Crippen molar-refractivity contribution in [2.45, 2.75) is 31.0 Å². The van der Waals surface area contributed by atoms with E-state index in [-0.39, 0.29) is 62.7 Å². The molecule has 0 radical (unpaired) electrons. The van der Waals surface area contributed by atoms with E-state index in [4.69, 9.17) is 15.2 Å². The van der Waals surface area contributed by atoms with E-state index in [1.807, 2.05) is 0 Å². The standard InChI is InChI=1S/C31H26F4N4O7/c1-14-19(27(41)42)9-16-8-17(10-21(45-3)23(16)38-14)26(40)37-12-30(44,31(33,34)35)22-11-20-25(46-13-29(20,2)28(36)43)24(39-22)15-4-6-18(32)7-5-15/h4-11,44H,12-13H2,1-3H3,(H2,36,43)(H,37,40)(H,41,42)/t29-,30-/m0/s1. The number of nitrogens with zero attached hydrogens (tertiary/aromatic N) is 2. The molecule has 46 heavy (non-hydrogen) atoms. The van der Waals surface area contributed by atoms with Gasteiger partial charge in [0.15, 0.2) is 0 Å². The Morgan fingerprint density at radius 1 is 1.11 bits per heavy atom. The lowest BCUT2D eigenvalue weighted by Crippen LogP contribution is -2.51. The first-order valence-corrected chi connectivity index (χ1v) is 13.5. The second-order valence-electron chi connectivity index (χ2n) is 10.9. The molecular formula is C31H26F4N4O7. The van der Waals surface area contributed by atoms with Gasteiger partial charge in [-0.15, -0.1) is 0 Å². The molecule has 0 unspecified atom stereocenters. The van der Waals surface area contributed by atoms with Crippen molar-refractivity contribution in [3.63, 3.8) is 0 Å². The molecule has 4 aromatic rings. The van der Waals surface area contributed by atoms with E-state index in [0.717, 1.165) is 18.2 Å². The number of aromatic carboxylic acids is 1. The van der Waals surface area contributed by atoms with Crippen LogP contribution in [0.25, 0.3) is 22.2 Å². The molecule has 0 bridgehead atoms. The Labute approximate surface area is 258 Å². The predicted molar refractivity (Wildman–Crippen MR) is 154 cm³/mol. The quantitative estimate of drug-likeness (QED) is 0.209. The molecule has 0 saturated carbocycles. The van der Waals surface area contributed by atoms with E-state index in [1.54, 1.807) is 0 Å². The fourth-order valence-corrected chi connectivity index (χ4v) is 5.10. The van der Waals surface area contributed by atoms with E-state index in [1.165, 1.54) is 51.3 Å². The third-order valence-corrected chi connectivity index (χ3v) is 7.92. The summed E-state index contributed by atoms with van der Waals surface area (Å²) in [6.07, 6.45) is -5.43. The number of primary amides is 1. The first kappa shape index (κ1) is 32.1. The summed E-state index contributed by atoms with van der Waals surface area (Å²) in [6.45, 7) is 1.05. The molecule has 11 nitrogen and oxygen atoms in total. The van der Waals surface area contributed by atoms with Gasteiger partial charge in [0.2, 0.25) is 11.5 Å². The van der Waals surface area contributed by atoms with Crippen molar-refractivity contribution in [3.05, 3.63) is 82.4 Å². The number of carboxylic acids is 1. The zero-order chi connectivity index (χ0) is 33.8. The molecule has 2 atom stereocenters. The highest BCUT2D eigenvalue weighted by Gasteiger charge is 2.57. The Morgan fingerprint density at radius 2 is 1.78 bits per heavy atom. The molecule has 5 N–H and O–H groups in total. The predicted octanol–water partition coefficient (Wildman–Crippen LogP) is 3.77. The number of carboxylic acid groups (broad SMARTS) is 1. The molecule has 1 aliphatic heterocycles. The van der Waals surface area contributed by atoms with Gasteiger partial charge in [0, 0.05) is 22.1 Å². The van der Waals surface area contributed by atoms with Crippen LogP contribution in [0.3, 0.4) is 0 Å². The van der Waals surface area contributed by atoms with Gasteiger partial charge in [0.1, 0.15) is 40.5 Å². The van der Waals surface area contributed by atoms with Crippen molar-refractivity contribution in [1.82, 2.24) is 15.3 Å². The number of methoxy groups -OCH3 is 1. The molecule has 0 fully saturated rings. The highest BCUT2D eigenvalue weighted by molar-refractivity contribution is 6.02. The number of aromatic nitrogens is 2. The minimum absolute atomic E-state index is 0.0451. The Hall–Kier alpha value is -5.31. The molecular weight excluding hydrogens is 616 g/mol. The van der Waals surface area contributed by atoms with E-state index >= 15 is 0 Å². The third-order valence-electron chi connectivity index (χ3n) is 7.92. The minimum atomic E-state index is -5.43. The van der Waals surface area contributed by atoms with Gasteiger partial charge >= 0.3 is 12.1 Å². The average molecular weight is 643 g/mol. The number of hydrogen-bond acceptors (Lipinski definition) is 8. The summed E-state index contributed by atoms with van der Waals surface area (Å²) in [6, 6.07) is 9.07. The molecule has 2 aromatic heterocycles. The van der Waals surface area contributed by atoms with Gasteiger partial charge in [0.05, 0.1) is 30.6 Å². The largest absolute Gasteiger partial charge is 0.494 e. The number of carbonyl (C=O) groups excluding carboxylic acids is 2. The number of nitrogens with one attached hydrogen (secondary N) is 1. The van der Waals surface area contributed by atoms with E-state index in [9.17, 15) is 42.2 Å². The number of fused-ring (bicyclic) bond motifs is 2. The van der Waals surface area contributed by atoms with Crippen LogP contribution in [0.4, 0.5) is 17.6 Å². The number of benzene rings is 2. The molecule has 3 heterocycles. The number of halogens is 4. The van der Waals surface area contributed by atoms with Gasteiger partial charge in [-0.1, -0.05) is 0 Å². The third kappa shape index (κ3) is 5.31. The Balaban J connectivity index is 1.59. The number of ether oxygens (including phenoxy) is 2.